The average molecular weight is 539 g/mol. The molecule has 1 aliphatic heterocycles. The number of nitrogens with one attached hydrogen (secondary N) is 1. The number of amidine groups is 1. The molecule has 8 heteroatoms. The van der Waals surface area contributed by atoms with E-state index in [1.54, 1.807) is 6.08 Å². The van der Waals surface area contributed by atoms with Crippen molar-refractivity contribution in [3.05, 3.63) is 28.3 Å². The van der Waals surface area contributed by atoms with Gasteiger partial charge in [-0.3, -0.25) is 9.59 Å². The molecule has 3 aliphatic rings. The lowest BCUT2D eigenvalue weighted by Crippen LogP contribution is -2.37. The molecule has 4 unspecified atom stereocenters. The lowest BCUT2D eigenvalue weighted by atomic mass is 9.69. The predicted molar refractivity (Wildman–Crippen MR) is 154 cm³/mol. The molecule has 1 aromatic heterocycles. The molecule has 4 atom stereocenters. The first-order valence-corrected chi connectivity index (χ1v) is 14.5. The Morgan fingerprint density at radius 3 is 1.77 bits per heavy atom. The third-order valence-corrected chi connectivity index (χ3v) is 9.24. The Labute approximate surface area is 232 Å². The van der Waals surface area contributed by atoms with Gasteiger partial charge in [0.1, 0.15) is 5.82 Å². The minimum Gasteiger partial charge on any atom is -0.422 e. The summed E-state index contributed by atoms with van der Waals surface area (Å²) in [5, 5.41) is 0. The first-order valence-electron chi connectivity index (χ1n) is 14.5. The fraction of sp³-hybridized carbons (Fsp3) is 0.645. The summed E-state index contributed by atoms with van der Waals surface area (Å²) >= 11 is 0. The second-order valence-corrected chi connectivity index (χ2v) is 12.8. The minimum absolute atomic E-state index is 0.156. The highest BCUT2D eigenvalue weighted by molar-refractivity contribution is 6.02. The highest BCUT2D eigenvalue weighted by Gasteiger charge is 2.40. The molecule has 4 rings (SSSR count). The summed E-state index contributed by atoms with van der Waals surface area (Å²) in [6, 6.07) is 0. The Balaban J connectivity index is 1.52. The first-order chi connectivity index (χ1) is 18.3. The smallest absolute Gasteiger partial charge is 0.315 e. The molecule has 2 aliphatic carbocycles. The molecule has 0 saturated heterocycles. The predicted octanol–water partition coefficient (Wildman–Crippen LogP) is 5.98. The van der Waals surface area contributed by atoms with E-state index in [9.17, 15) is 9.59 Å². The number of nitrogens with zero attached hydrogens (tertiary/aromatic N) is 1. The number of allylic oxidation sites excluding steroid dienone is 1. The van der Waals surface area contributed by atoms with E-state index in [1.807, 2.05) is 13.8 Å². The molecule has 8 nitrogen and oxygen atoms in total. The monoisotopic (exact) mass is 538 g/mol. The van der Waals surface area contributed by atoms with E-state index in [1.165, 1.54) is 0 Å². The SMILES string of the molecule is CC1=C(OC(=O)C2C(C)CC(C)CC2C)C(N)=NC1=Cc1[nH]c(N)c(OC(=O)C2C(C)CC(C)CC2C)c1C. The second kappa shape index (κ2) is 11.2. The number of carbonyl (C=O) groups excluding carboxylic acids is 2. The zero-order valence-electron chi connectivity index (χ0n) is 24.8. The summed E-state index contributed by atoms with van der Waals surface area (Å²) in [7, 11) is 0. The van der Waals surface area contributed by atoms with Crippen molar-refractivity contribution in [3.63, 3.8) is 0 Å². The molecule has 0 amide bonds. The summed E-state index contributed by atoms with van der Waals surface area (Å²) < 4.78 is 11.8. The van der Waals surface area contributed by atoms with E-state index < -0.39 is 0 Å². The Morgan fingerprint density at radius 2 is 1.28 bits per heavy atom. The van der Waals surface area contributed by atoms with Crippen molar-refractivity contribution in [2.45, 2.75) is 81.1 Å². The zero-order valence-corrected chi connectivity index (χ0v) is 24.8. The van der Waals surface area contributed by atoms with Crippen LogP contribution in [0.3, 0.4) is 0 Å². The highest BCUT2D eigenvalue weighted by atomic mass is 16.5. The number of anilines is 1. The van der Waals surface area contributed by atoms with Crippen LogP contribution in [0.25, 0.3) is 6.08 Å². The van der Waals surface area contributed by atoms with Gasteiger partial charge < -0.3 is 25.9 Å². The lowest BCUT2D eigenvalue weighted by Gasteiger charge is -2.36. The van der Waals surface area contributed by atoms with Crippen molar-refractivity contribution in [1.29, 1.82) is 0 Å². The summed E-state index contributed by atoms with van der Waals surface area (Å²) in [5.74, 6) is 2.54. The number of hydrogen-bond acceptors (Lipinski definition) is 7. The maximum absolute atomic E-state index is 13.2. The average Bonchev–Trinajstić information content (AvgIpc) is 3.22. The second-order valence-electron chi connectivity index (χ2n) is 12.8. The number of nitrogen functional groups attached to an aromatic ring is 1. The third-order valence-electron chi connectivity index (χ3n) is 9.24. The molecule has 0 spiro atoms. The van der Waals surface area contributed by atoms with Gasteiger partial charge in [-0.05, 0) is 81.1 Å². The Hall–Kier alpha value is -3.03. The molecule has 5 N–H and O–H groups in total. The van der Waals surface area contributed by atoms with Crippen molar-refractivity contribution in [2.75, 3.05) is 5.73 Å². The van der Waals surface area contributed by atoms with Crippen molar-refractivity contribution in [2.24, 2.45) is 58.1 Å². The van der Waals surface area contributed by atoms with Crippen molar-refractivity contribution >= 4 is 29.7 Å². The van der Waals surface area contributed by atoms with Gasteiger partial charge in [-0.25, -0.2) is 4.99 Å². The molecule has 2 heterocycles. The van der Waals surface area contributed by atoms with Crippen LogP contribution in [0, 0.1) is 54.3 Å². The van der Waals surface area contributed by atoms with Crippen molar-refractivity contribution in [1.82, 2.24) is 4.98 Å². The fourth-order valence-corrected chi connectivity index (χ4v) is 7.58. The van der Waals surface area contributed by atoms with Gasteiger partial charge in [-0.15, -0.1) is 0 Å². The van der Waals surface area contributed by atoms with Crippen LogP contribution in [0.2, 0.25) is 0 Å². The van der Waals surface area contributed by atoms with Crippen LogP contribution in [0.15, 0.2) is 22.0 Å². The maximum Gasteiger partial charge on any atom is 0.315 e. The molecule has 2 saturated carbocycles. The van der Waals surface area contributed by atoms with E-state index in [-0.39, 0.29) is 59.1 Å². The Morgan fingerprint density at radius 1 is 0.821 bits per heavy atom. The topological polar surface area (TPSA) is 133 Å². The van der Waals surface area contributed by atoms with E-state index in [2.05, 4.69) is 51.5 Å². The van der Waals surface area contributed by atoms with Gasteiger partial charge in [0, 0.05) is 16.8 Å². The summed E-state index contributed by atoms with van der Waals surface area (Å²) in [4.78, 5) is 34.0. The van der Waals surface area contributed by atoms with E-state index >= 15 is 0 Å². The van der Waals surface area contributed by atoms with E-state index in [4.69, 9.17) is 20.9 Å². The number of ether oxygens (including phenoxy) is 2. The van der Waals surface area contributed by atoms with Gasteiger partial charge in [-0.2, -0.15) is 0 Å². The maximum atomic E-state index is 13.2. The van der Waals surface area contributed by atoms with E-state index in [0.29, 0.717) is 45.9 Å². The Bertz CT molecular complexity index is 1200. The molecule has 39 heavy (non-hydrogen) atoms. The number of aromatic amines is 1. The van der Waals surface area contributed by atoms with Crippen LogP contribution in [0.1, 0.15) is 85.4 Å². The number of H-pyrrole nitrogens is 1. The molecule has 214 valence electrons. The van der Waals surface area contributed by atoms with Crippen LogP contribution < -0.4 is 16.2 Å². The normalized spacial score (nSPS) is 34.3. The van der Waals surface area contributed by atoms with Crippen LogP contribution in [0.5, 0.6) is 5.75 Å². The number of rotatable bonds is 5. The standard InChI is InChI=1S/C31H46N4O4/c1-14-9-16(3)24(17(4)10-14)30(36)38-26-20(7)22(34-28(26)32)13-23-21(8)27(29(33)35-23)39-31(37)25-18(5)11-15(2)12-19(25)6/h13-19,24-25,34H,9-12,32H2,1-8H3,(H2,33,35). The molecule has 1 aromatic rings. The van der Waals surface area contributed by atoms with Crippen LogP contribution >= 0.6 is 0 Å². The number of aliphatic imine (C=N–C) groups is 1. The summed E-state index contributed by atoms with van der Waals surface area (Å²) in [5.41, 5.74) is 15.1. The lowest BCUT2D eigenvalue weighted by molar-refractivity contribution is -0.149. The fourth-order valence-electron chi connectivity index (χ4n) is 7.58. The number of hydrogen-bond donors (Lipinski definition) is 3. The largest absolute Gasteiger partial charge is 0.422 e. The van der Waals surface area contributed by atoms with Gasteiger partial charge in [0.05, 0.1) is 17.5 Å². The molecule has 2 fully saturated rings. The molecule has 0 aromatic carbocycles. The summed E-state index contributed by atoms with van der Waals surface area (Å²) in [6.45, 7) is 16.7. The number of esters is 2. The number of nitrogens with two attached hydrogens (primary N) is 2. The van der Waals surface area contributed by atoms with Crippen LogP contribution in [-0.4, -0.2) is 22.8 Å². The van der Waals surface area contributed by atoms with Gasteiger partial charge in [-0.1, -0.05) is 41.5 Å². The third kappa shape index (κ3) is 5.80. The van der Waals surface area contributed by atoms with Gasteiger partial charge >= 0.3 is 11.9 Å². The van der Waals surface area contributed by atoms with Crippen molar-refractivity contribution < 1.29 is 19.1 Å². The number of carbonyl (C=O) groups is 2. The van der Waals surface area contributed by atoms with Gasteiger partial charge in [0.2, 0.25) is 0 Å². The van der Waals surface area contributed by atoms with Crippen LogP contribution in [0.4, 0.5) is 5.82 Å². The zero-order chi connectivity index (χ0) is 28.8. The highest BCUT2D eigenvalue weighted by Crippen LogP contribution is 2.41. The first kappa shape index (κ1) is 29.0. The number of aromatic nitrogens is 1. The van der Waals surface area contributed by atoms with Crippen molar-refractivity contribution in [3.8, 4) is 5.75 Å². The molecule has 0 radical (unpaired) electrons. The van der Waals surface area contributed by atoms with Crippen LogP contribution in [-0.2, 0) is 14.3 Å². The molecule has 0 bridgehead atoms. The van der Waals surface area contributed by atoms with Gasteiger partial charge in [0.15, 0.2) is 17.3 Å². The van der Waals surface area contributed by atoms with Gasteiger partial charge in [0.25, 0.3) is 0 Å². The minimum atomic E-state index is -0.245. The molecular formula is C31H46N4O4. The summed E-state index contributed by atoms with van der Waals surface area (Å²) in [6.07, 6.45) is 5.84. The molecular weight excluding hydrogens is 492 g/mol. The van der Waals surface area contributed by atoms with E-state index in [0.717, 1.165) is 25.7 Å². The Kier molecular flexibility index (Phi) is 8.33. The quantitative estimate of drug-likeness (QED) is 0.395.